The van der Waals surface area contributed by atoms with Crippen LogP contribution in [0.1, 0.15) is 43.2 Å². The normalized spacial score (nSPS) is 17.1. The maximum absolute atomic E-state index is 5.35. The minimum atomic E-state index is 0.719. The second kappa shape index (κ2) is 6.06. The van der Waals surface area contributed by atoms with Crippen molar-refractivity contribution in [2.45, 2.75) is 51.6 Å². The van der Waals surface area contributed by atoms with E-state index in [9.17, 15) is 0 Å². The Morgan fingerprint density at radius 2 is 2.00 bits per heavy atom. The van der Waals surface area contributed by atoms with Gasteiger partial charge in [0.2, 0.25) is 0 Å². The molecule has 1 aromatic rings. The predicted molar refractivity (Wildman–Crippen MR) is 71.4 cm³/mol. The van der Waals surface area contributed by atoms with E-state index in [1.807, 2.05) is 0 Å². The molecule has 0 aliphatic heterocycles. The van der Waals surface area contributed by atoms with Crippen LogP contribution in [-0.2, 0) is 6.54 Å². The van der Waals surface area contributed by atoms with Crippen LogP contribution < -0.4 is 10.1 Å². The first kappa shape index (κ1) is 12.4. The van der Waals surface area contributed by atoms with Crippen molar-refractivity contribution in [1.29, 1.82) is 0 Å². The van der Waals surface area contributed by atoms with E-state index in [-0.39, 0.29) is 0 Å². The lowest BCUT2D eigenvalue weighted by molar-refractivity contribution is 0.371. The summed E-state index contributed by atoms with van der Waals surface area (Å²) in [5, 5.41) is 3.65. The highest BCUT2D eigenvalue weighted by Crippen LogP contribution is 2.20. The molecule has 1 aliphatic rings. The highest BCUT2D eigenvalue weighted by atomic mass is 16.5. The average molecular weight is 233 g/mol. The summed E-state index contributed by atoms with van der Waals surface area (Å²) in [6.45, 7) is 3.04. The number of aryl methyl sites for hydroxylation is 1. The standard InChI is InChI=1S/C15H23NO/c1-12-8-9-13(10-15(12)17-2)11-16-14-6-4-3-5-7-14/h8-10,14,16H,3-7,11H2,1-2H3. The number of nitrogens with one attached hydrogen (secondary N) is 1. The van der Waals surface area contributed by atoms with Gasteiger partial charge in [-0.2, -0.15) is 0 Å². The Balaban J connectivity index is 1.89. The van der Waals surface area contributed by atoms with Crippen molar-refractivity contribution in [2.24, 2.45) is 0 Å². The van der Waals surface area contributed by atoms with Gasteiger partial charge in [0, 0.05) is 12.6 Å². The van der Waals surface area contributed by atoms with Crippen molar-refractivity contribution in [1.82, 2.24) is 5.32 Å². The summed E-state index contributed by atoms with van der Waals surface area (Å²) in [6, 6.07) is 7.19. The molecule has 1 N–H and O–H groups in total. The van der Waals surface area contributed by atoms with Crippen LogP contribution in [0.3, 0.4) is 0 Å². The van der Waals surface area contributed by atoms with Gasteiger partial charge in [0.1, 0.15) is 5.75 Å². The fourth-order valence-corrected chi connectivity index (χ4v) is 2.54. The number of ether oxygens (including phenoxy) is 1. The first-order chi connectivity index (χ1) is 8.29. The Labute approximate surface area is 104 Å². The van der Waals surface area contributed by atoms with E-state index in [2.05, 4.69) is 30.4 Å². The zero-order chi connectivity index (χ0) is 12.1. The Kier molecular flexibility index (Phi) is 4.43. The van der Waals surface area contributed by atoms with Crippen molar-refractivity contribution in [2.75, 3.05) is 7.11 Å². The SMILES string of the molecule is COc1cc(CNC2CCCCC2)ccc1C. The van der Waals surface area contributed by atoms with Gasteiger partial charge in [-0.25, -0.2) is 0 Å². The van der Waals surface area contributed by atoms with Gasteiger partial charge in [0.15, 0.2) is 0 Å². The van der Waals surface area contributed by atoms with Gasteiger partial charge in [-0.05, 0) is 37.0 Å². The summed E-state index contributed by atoms with van der Waals surface area (Å²) >= 11 is 0. The molecule has 17 heavy (non-hydrogen) atoms. The molecule has 2 nitrogen and oxygen atoms in total. The summed E-state index contributed by atoms with van der Waals surface area (Å²) < 4.78 is 5.35. The van der Waals surface area contributed by atoms with Crippen LogP contribution in [0.2, 0.25) is 0 Å². The molecule has 0 bridgehead atoms. The van der Waals surface area contributed by atoms with Crippen molar-refractivity contribution in [3.8, 4) is 5.75 Å². The number of hydrogen-bond acceptors (Lipinski definition) is 2. The van der Waals surface area contributed by atoms with E-state index in [1.54, 1.807) is 7.11 Å². The van der Waals surface area contributed by atoms with Crippen LogP contribution >= 0.6 is 0 Å². The van der Waals surface area contributed by atoms with Crippen LogP contribution in [0.15, 0.2) is 18.2 Å². The van der Waals surface area contributed by atoms with Crippen LogP contribution in [0.25, 0.3) is 0 Å². The zero-order valence-electron chi connectivity index (χ0n) is 11.0. The highest BCUT2D eigenvalue weighted by Gasteiger charge is 2.12. The van der Waals surface area contributed by atoms with Gasteiger partial charge < -0.3 is 10.1 Å². The van der Waals surface area contributed by atoms with Crippen molar-refractivity contribution in [3.63, 3.8) is 0 Å². The van der Waals surface area contributed by atoms with E-state index >= 15 is 0 Å². The molecule has 0 amide bonds. The topological polar surface area (TPSA) is 21.3 Å². The van der Waals surface area contributed by atoms with E-state index < -0.39 is 0 Å². The van der Waals surface area contributed by atoms with Crippen LogP contribution in [-0.4, -0.2) is 13.2 Å². The van der Waals surface area contributed by atoms with Crippen molar-refractivity contribution >= 4 is 0 Å². The third-order valence-electron chi connectivity index (χ3n) is 3.67. The van der Waals surface area contributed by atoms with Crippen molar-refractivity contribution in [3.05, 3.63) is 29.3 Å². The molecule has 0 aromatic heterocycles. The van der Waals surface area contributed by atoms with E-state index in [1.165, 1.54) is 43.2 Å². The molecule has 2 heteroatoms. The quantitative estimate of drug-likeness (QED) is 0.860. The van der Waals surface area contributed by atoms with E-state index in [0.29, 0.717) is 0 Å². The number of hydrogen-bond donors (Lipinski definition) is 1. The molecular weight excluding hydrogens is 210 g/mol. The maximum atomic E-state index is 5.35. The molecule has 0 radical (unpaired) electrons. The van der Waals surface area contributed by atoms with Gasteiger partial charge in [-0.15, -0.1) is 0 Å². The Morgan fingerprint density at radius 3 is 2.71 bits per heavy atom. The highest BCUT2D eigenvalue weighted by molar-refractivity contribution is 5.36. The first-order valence-electron chi connectivity index (χ1n) is 6.66. The summed E-state index contributed by atoms with van der Waals surface area (Å²) in [5.74, 6) is 0.993. The molecule has 0 atom stereocenters. The van der Waals surface area contributed by atoms with Crippen LogP contribution in [0, 0.1) is 6.92 Å². The minimum absolute atomic E-state index is 0.719. The Morgan fingerprint density at radius 1 is 1.24 bits per heavy atom. The second-order valence-electron chi connectivity index (χ2n) is 5.02. The number of methoxy groups -OCH3 is 1. The van der Waals surface area contributed by atoms with Crippen LogP contribution in [0.4, 0.5) is 0 Å². The lowest BCUT2D eigenvalue weighted by atomic mass is 9.95. The fraction of sp³-hybridized carbons (Fsp3) is 0.600. The number of benzene rings is 1. The second-order valence-corrected chi connectivity index (χ2v) is 5.02. The van der Waals surface area contributed by atoms with Crippen LogP contribution in [0.5, 0.6) is 5.75 Å². The molecule has 1 fully saturated rings. The summed E-state index contributed by atoms with van der Waals surface area (Å²) in [4.78, 5) is 0. The van der Waals surface area contributed by atoms with Gasteiger partial charge in [0.25, 0.3) is 0 Å². The molecule has 1 aliphatic carbocycles. The fourth-order valence-electron chi connectivity index (χ4n) is 2.54. The minimum Gasteiger partial charge on any atom is -0.496 e. The molecule has 0 heterocycles. The van der Waals surface area contributed by atoms with Gasteiger partial charge in [-0.1, -0.05) is 31.4 Å². The maximum Gasteiger partial charge on any atom is 0.122 e. The predicted octanol–water partition coefficient (Wildman–Crippen LogP) is 3.43. The lowest BCUT2D eigenvalue weighted by Crippen LogP contribution is -2.30. The molecule has 0 saturated heterocycles. The van der Waals surface area contributed by atoms with Gasteiger partial charge >= 0.3 is 0 Å². The largest absolute Gasteiger partial charge is 0.496 e. The van der Waals surface area contributed by atoms with Crippen molar-refractivity contribution < 1.29 is 4.74 Å². The zero-order valence-corrected chi connectivity index (χ0v) is 11.0. The van der Waals surface area contributed by atoms with E-state index in [0.717, 1.165) is 18.3 Å². The summed E-state index contributed by atoms with van der Waals surface area (Å²) in [5.41, 5.74) is 2.52. The van der Waals surface area contributed by atoms with E-state index in [4.69, 9.17) is 4.74 Å². The smallest absolute Gasteiger partial charge is 0.122 e. The molecule has 2 rings (SSSR count). The molecule has 1 aromatic carbocycles. The first-order valence-corrected chi connectivity index (χ1v) is 6.66. The van der Waals surface area contributed by atoms with Gasteiger partial charge in [0.05, 0.1) is 7.11 Å². The lowest BCUT2D eigenvalue weighted by Gasteiger charge is -2.23. The number of rotatable bonds is 4. The monoisotopic (exact) mass is 233 g/mol. The molecule has 0 unspecified atom stereocenters. The van der Waals surface area contributed by atoms with Gasteiger partial charge in [-0.3, -0.25) is 0 Å². The third-order valence-corrected chi connectivity index (χ3v) is 3.67. The molecule has 1 saturated carbocycles. The molecule has 0 spiro atoms. The third kappa shape index (κ3) is 3.47. The molecular formula is C15H23NO. The molecule has 94 valence electrons. The Hall–Kier alpha value is -1.02. The summed E-state index contributed by atoms with van der Waals surface area (Å²) in [7, 11) is 1.74. The summed E-state index contributed by atoms with van der Waals surface area (Å²) in [6.07, 6.45) is 6.85. The Bertz CT molecular complexity index is 356. The average Bonchev–Trinajstić information content (AvgIpc) is 2.39.